The van der Waals surface area contributed by atoms with E-state index in [1.807, 2.05) is 12.1 Å². The Balaban J connectivity index is 1.42. The van der Waals surface area contributed by atoms with Crippen molar-refractivity contribution in [3.8, 4) is 5.75 Å². The van der Waals surface area contributed by atoms with Crippen LogP contribution in [0.25, 0.3) is 10.9 Å². The Kier molecular flexibility index (Phi) is 5.81. The third kappa shape index (κ3) is 4.81. The van der Waals surface area contributed by atoms with Gasteiger partial charge in [-0.25, -0.2) is 4.98 Å². The second-order valence-electron chi connectivity index (χ2n) is 6.67. The van der Waals surface area contributed by atoms with E-state index >= 15 is 0 Å². The van der Waals surface area contributed by atoms with E-state index in [1.54, 1.807) is 49.7 Å². The number of hydrogen-bond donors (Lipinski definition) is 2. The molecule has 0 aliphatic rings. The molecular weight excluding hydrogens is 418 g/mol. The van der Waals surface area contributed by atoms with E-state index < -0.39 is 0 Å². The highest BCUT2D eigenvalue weighted by Gasteiger charge is 2.14. The Hall–Kier alpha value is -3.91. The Morgan fingerprint density at radius 2 is 1.84 bits per heavy atom. The molecule has 2 aromatic carbocycles. The lowest BCUT2D eigenvalue weighted by atomic mass is 10.1. The SMILES string of the molecule is COc1ccc(NC(=O)Cn2cc(NC(=O)c3cc(Cl)nc4ccccc34)cn2)cc1. The van der Waals surface area contributed by atoms with Gasteiger partial charge in [0.2, 0.25) is 5.91 Å². The molecule has 0 unspecified atom stereocenters. The molecule has 0 atom stereocenters. The van der Waals surface area contributed by atoms with Crippen LogP contribution in [0.1, 0.15) is 10.4 Å². The van der Waals surface area contributed by atoms with Crippen LogP contribution >= 0.6 is 11.6 Å². The van der Waals surface area contributed by atoms with Gasteiger partial charge in [-0.2, -0.15) is 5.10 Å². The minimum atomic E-state index is -0.345. The van der Waals surface area contributed by atoms with Gasteiger partial charge in [-0.1, -0.05) is 29.8 Å². The van der Waals surface area contributed by atoms with Crippen LogP contribution in [-0.2, 0) is 11.3 Å². The summed E-state index contributed by atoms with van der Waals surface area (Å²) in [5.74, 6) is 0.106. The maximum absolute atomic E-state index is 12.8. The van der Waals surface area contributed by atoms with Crippen molar-refractivity contribution in [2.75, 3.05) is 17.7 Å². The van der Waals surface area contributed by atoms with Crippen molar-refractivity contribution in [1.82, 2.24) is 14.8 Å². The molecule has 0 aliphatic carbocycles. The molecule has 9 heteroatoms. The fourth-order valence-corrected chi connectivity index (χ4v) is 3.27. The first-order valence-electron chi connectivity index (χ1n) is 9.35. The van der Waals surface area contributed by atoms with Gasteiger partial charge >= 0.3 is 0 Å². The molecule has 2 aromatic heterocycles. The standard InChI is InChI=1S/C22H18ClN5O3/c1-31-16-8-6-14(7-9-16)25-21(29)13-28-12-15(11-24-28)26-22(30)18-10-20(23)27-19-5-3-2-4-17(18)19/h2-12H,13H2,1H3,(H,25,29)(H,26,30). The minimum Gasteiger partial charge on any atom is -0.497 e. The zero-order chi connectivity index (χ0) is 21.8. The summed E-state index contributed by atoms with van der Waals surface area (Å²) in [6.45, 7) is -0.00802. The Morgan fingerprint density at radius 1 is 1.06 bits per heavy atom. The largest absolute Gasteiger partial charge is 0.497 e. The summed E-state index contributed by atoms with van der Waals surface area (Å²) in [5.41, 5.74) is 2.14. The zero-order valence-electron chi connectivity index (χ0n) is 16.5. The van der Waals surface area contributed by atoms with Crippen molar-refractivity contribution < 1.29 is 14.3 Å². The maximum atomic E-state index is 12.8. The van der Waals surface area contributed by atoms with Gasteiger partial charge in [0.15, 0.2) is 0 Å². The third-order valence-corrected chi connectivity index (χ3v) is 4.69. The van der Waals surface area contributed by atoms with Crippen molar-refractivity contribution >= 4 is 45.7 Å². The second-order valence-corrected chi connectivity index (χ2v) is 7.05. The molecule has 0 fully saturated rings. The van der Waals surface area contributed by atoms with Gasteiger partial charge in [0, 0.05) is 17.3 Å². The van der Waals surface area contributed by atoms with Crippen LogP contribution in [0.5, 0.6) is 5.75 Å². The van der Waals surface area contributed by atoms with Crippen molar-refractivity contribution in [3.05, 3.63) is 77.7 Å². The van der Waals surface area contributed by atoms with Crippen molar-refractivity contribution in [2.45, 2.75) is 6.54 Å². The number of hydrogen-bond acceptors (Lipinski definition) is 5. The van der Waals surface area contributed by atoms with E-state index in [9.17, 15) is 9.59 Å². The Morgan fingerprint density at radius 3 is 2.61 bits per heavy atom. The molecule has 0 saturated heterocycles. The molecule has 2 N–H and O–H groups in total. The van der Waals surface area contributed by atoms with Crippen LogP contribution in [0.4, 0.5) is 11.4 Å². The monoisotopic (exact) mass is 435 g/mol. The van der Waals surface area contributed by atoms with E-state index in [4.69, 9.17) is 16.3 Å². The number of nitrogens with one attached hydrogen (secondary N) is 2. The second kappa shape index (κ2) is 8.85. The van der Waals surface area contributed by atoms with Gasteiger partial charge in [-0.3, -0.25) is 14.3 Å². The number of rotatable bonds is 6. The lowest BCUT2D eigenvalue weighted by Crippen LogP contribution is -2.19. The van der Waals surface area contributed by atoms with Crippen molar-refractivity contribution in [3.63, 3.8) is 0 Å². The maximum Gasteiger partial charge on any atom is 0.256 e. The average Bonchev–Trinajstić information content (AvgIpc) is 3.20. The first-order valence-corrected chi connectivity index (χ1v) is 9.72. The Bertz CT molecular complexity index is 1250. The number of anilines is 2. The van der Waals surface area contributed by atoms with Gasteiger partial charge < -0.3 is 15.4 Å². The van der Waals surface area contributed by atoms with Crippen LogP contribution in [0.15, 0.2) is 67.0 Å². The first-order chi connectivity index (χ1) is 15.0. The summed E-state index contributed by atoms with van der Waals surface area (Å²) in [6, 6.07) is 15.8. The number of amides is 2. The lowest BCUT2D eigenvalue weighted by molar-refractivity contribution is -0.116. The molecule has 2 amide bonds. The minimum absolute atomic E-state index is 0.00802. The summed E-state index contributed by atoms with van der Waals surface area (Å²) in [4.78, 5) is 29.3. The summed E-state index contributed by atoms with van der Waals surface area (Å²) < 4.78 is 6.53. The molecule has 2 heterocycles. The van der Waals surface area contributed by atoms with Crippen LogP contribution < -0.4 is 15.4 Å². The highest BCUT2D eigenvalue weighted by molar-refractivity contribution is 6.30. The van der Waals surface area contributed by atoms with E-state index in [1.165, 1.54) is 16.9 Å². The number of halogens is 1. The topological polar surface area (TPSA) is 98.1 Å². The van der Waals surface area contributed by atoms with Crippen LogP contribution in [0.2, 0.25) is 5.15 Å². The predicted octanol–water partition coefficient (Wildman–Crippen LogP) is 3.98. The predicted molar refractivity (Wildman–Crippen MR) is 119 cm³/mol. The van der Waals surface area contributed by atoms with E-state index in [0.29, 0.717) is 33.6 Å². The zero-order valence-corrected chi connectivity index (χ0v) is 17.3. The van der Waals surface area contributed by atoms with E-state index in [2.05, 4.69) is 20.7 Å². The molecule has 0 radical (unpaired) electrons. The highest BCUT2D eigenvalue weighted by Crippen LogP contribution is 2.22. The van der Waals surface area contributed by atoms with Crippen LogP contribution in [0, 0.1) is 0 Å². The number of pyridine rings is 1. The van der Waals surface area contributed by atoms with Gasteiger partial charge in [0.25, 0.3) is 5.91 Å². The molecule has 0 spiro atoms. The molecule has 4 aromatic rings. The number of carbonyl (C=O) groups is 2. The summed E-state index contributed by atoms with van der Waals surface area (Å²) in [5, 5.41) is 10.6. The smallest absolute Gasteiger partial charge is 0.256 e. The van der Waals surface area contributed by atoms with Crippen molar-refractivity contribution in [1.29, 1.82) is 0 Å². The number of aromatic nitrogens is 3. The number of nitrogens with zero attached hydrogens (tertiary/aromatic N) is 3. The van der Waals surface area contributed by atoms with Crippen LogP contribution in [-0.4, -0.2) is 33.7 Å². The molecule has 4 rings (SSSR count). The van der Waals surface area contributed by atoms with E-state index in [0.717, 1.165) is 0 Å². The third-order valence-electron chi connectivity index (χ3n) is 4.50. The Labute approximate surface area is 182 Å². The number of fused-ring (bicyclic) bond motifs is 1. The van der Waals surface area contributed by atoms with Crippen LogP contribution in [0.3, 0.4) is 0 Å². The fourth-order valence-electron chi connectivity index (χ4n) is 3.07. The van der Waals surface area contributed by atoms with Gasteiger partial charge in [0.1, 0.15) is 17.4 Å². The summed E-state index contributed by atoms with van der Waals surface area (Å²) in [7, 11) is 1.58. The van der Waals surface area contributed by atoms with Gasteiger partial charge in [-0.15, -0.1) is 0 Å². The molecular formula is C22H18ClN5O3. The normalized spacial score (nSPS) is 10.6. The first kappa shape index (κ1) is 20.4. The number of ether oxygens (including phenoxy) is 1. The summed E-state index contributed by atoms with van der Waals surface area (Å²) >= 11 is 6.06. The average molecular weight is 436 g/mol. The van der Waals surface area contributed by atoms with Crippen molar-refractivity contribution in [2.24, 2.45) is 0 Å². The quantitative estimate of drug-likeness (QED) is 0.446. The molecule has 156 valence electrons. The van der Waals surface area contributed by atoms with E-state index in [-0.39, 0.29) is 23.5 Å². The number of carbonyl (C=O) groups excluding carboxylic acids is 2. The van der Waals surface area contributed by atoms with Gasteiger partial charge in [-0.05, 0) is 36.4 Å². The molecule has 0 aliphatic heterocycles. The molecule has 31 heavy (non-hydrogen) atoms. The molecule has 8 nitrogen and oxygen atoms in total. The fraction of sp³-hybridized carbons (Fsp3) is 0.0909. The molecule has 0 bridgehead atoms. The van der Waals surface area contributed by atoms with Gasteiger partial charge in [0.05, 0.1) is 30.1 Å². The highest BCUT2D eigenvalue weighted by atomic mass is 35.5. The number of benzene rings is 2. The molecule has 0 saturated carbocycles. The lowest BCUT2D eigenvalue weighted by Gasteiger charge is -2.07. The number of para-hydroxylation sites is 1. The summed E-state index contributed by atoms with van der Waals surface area (Å²) in [6.07, 6.45) is 3.06. The number of methoxy groups -OCH3 is 1.